The van der Waals surface area contributed by atoms with E-state index in [-0.39, 0.29) is 11.7 Å². The molecule has 0 amide bonds. The van der Waals surface area contributed by atoms with Gasteiger partial charge in [-0.3, -0.25) is 0 Å². The van der Waals surface area contributed by atoms with Crippen molar-refractivity contribution in [2.75, 3.05) is 0 Å². The molecule has 0 saturated carbocycles. The number of nitrogens with zero attached hydrogens (tertiary/aromatic N) is 1. The van der Waals surface area contributed by atoms with Gasteiger partial charge in [0.15, 0.2) is 0 Å². The predicted molar refractivity (Wildman–Crippen MR) is 54.5 cm³/mol. The molecule has 78 valence electrons. The molecule has 0 saturated heterocycles. The van der Waals surface area contributed by atoms with Gasteiger partial charge in [-0.2, -0.15) is 0 Å². The van der Waals surface area contributed by atoms with E-state index in [0.717, 1.165) is 0 Å². The number of aryl methyl sites for hydroxylation is 1. The summed E-state index contributed by atoms with van der Waals surface area (Å²) in [5, 5.41) is 0. The van der Waals surface area contributed by atoms with Crippen LogP contribution in [0, 0.1) is 12.7 Å². The van der Waals surface area contributed by atoms with Gasteiger partial charge < -0.3 is 10.2 Å². The van der Waals surface area contributed by atoms with Crippen molar-refractivity contribution in [3.63, 3.8) is 0 Å². The molecule has 0 aliphatic rings. The highest BCUT2D eigenvalue weighted by Crippen LogP contribution is 2.23. The summed E-state index contributed by atoms with van der Waals surface area (Å²) in [5.74, 6) is 0.573. The molecule has 0 atom stereocenters. The molecule has 3 nitrogen and oxygen atoms in total. The smallest absolute Gasteiger partial charge is 0.229 e. The van der Waals surface area contributed by atoms with Gasteiger partial charge in [-0.15, -0.1) is 0 Å². The van der Waals surface area contributed by atoms with Gasteiger partial charge >= 0.3 is 0 Å². The lowest BCUT2D eigenvalue weighted by molar-refractivity contribution is 0.532. The summed E-state index contributed by atoms with van der Waals surface area (Å²) in [6.45, 7) is 2.06. The van der Waals surface area contributed by atoms with Crippen LogP contribution < -0.4 is 5.73 Å². The fourth-order valence-electron chi connectivity index (χ4n) is 1.37. The lowest BCUT2D eigenvalue weighted by Crippen LogP contribution is -1.98. The van der Waals surface area contributed by atoms with Gasteiger partial charge in [0, 0.05) is 6.54 Å². The number of hydrogen-bond donors (Lipinski definition) is 1. The van der Waals surface area contributed by atoms with E-state index in [9.17, 15) is 4.39 Å². The van der Waals surface area contributed by atoms with Crippen LogP contribution in [-0.2, 0) is 6.54 Å². The normalized spacial score (nSPS) is 10.6. The first-order chi connectivity index (χ1) is 7.22. The van der Waals surface area contributed by atoms with Gasteiger partial charge in [-0.1, -0.05) is 12.1 Å². The average Bonchev–Trinajstić information content (AvgIpc) is 2.60. The van der Waals surface area contributed by atoms with E-state index in [1.807, 2.05) is 0 Å². The minimum absolute atomic E-state index is 0.283. The Labute approximate surface area is 86.7 Å². The number of nitrogens with two attached hydrogens (primary N) is 1. The minimum Gasteiger partial charge on any atom is -0.441 e. The van der Waals surface area contributed by atoms with E-state index in [0.29, 0.717) is 23.6 Å². The van der Waals surface area contributed by atoms with Crippen LogP contribution in [0.25, 0.3) is 11.5 Å². The van der Waals surface area contributed by atoms with Crippen LogP contribution >= 0.6 is 0 Å². The van der Waals surface area contributed by atoms with Gasteiger partial charge in [0.2, 0.25) is 5.89 Å². The molecule has 0 fully saturated rings. The largest absolute Gasteiger partial charge is 0.441 e. The second kappa shape index (κ2) is 3.82. The number of benzene rings is 1. The number of oxazole rings is 1. The first-order valence-electron chi connectivity index (χ1n) is 4.63. The summed E-state index contributed by atoms with van der Waals surface area (Å²) < 4.78 is 18.7. The Hall–Kier alpha value is -1.68. The van der Waals surface area contributed by atoms with Crippen molar-refractivity contribution in [3.05, 3.63) is 41.5 Å². The summed E-state index contributed by atoms with van der Waals surface area (Å²) in [4.78, 5) is 4.13. The van der Waals surface area contributed by atoms with E-state index < -0.39 is 0 Å². The summed E-state index contributed by atoms with van der Waals surface area (Å²) in [6, 6.07) is 6.36. The van der Waals surface area contributed by atoms with Gasteiger partial charge in [-0.05, 0) is 19.1 Å². The van der Waals surface area contributed by atoms with Gasteiger partial charge in [0.05, 0.1) is 11.3 Å². The van der Waals surface area contributed by atoms with Crippen LogP contribution in [0.1, 0.15) is 11.5 Å². The molecule has 2 N–H and O–H groups in total. The molecule has 0 bridgehead atoms. The molecule has 0 aliphatic heterocycles. The zero-order valence-electron chi connectivity index (χ0n) is 8.33. The fraction of sp³-hybridized carbons (Fsp3) is 0.182. The second-order valence-corrected chi connectivity index (χ2v) is 3.21. The highest BCUT2D eigenvalue weighted by molar-refractivity contribution is 5.54. The molecule has 1 aromatic carbocycles. The van der Waals surface area contributed by atoms with Crippen LogP contribution in [0.15, 0.2) is 28.7 Å². The molecule has 2 aromatic rings. The third-order valence-electron chi connectivity index (χ3n) is 2.19. The van der Waals surface area contributed by atoms with Crippen molar-refractivity contribution >= 4 is 0 Å². The van der Waals surface area contributed by atoms with Crippen molar-refractivity contribution in [3.8, 4) is 11.5 Å². The van der Waals surface area contributed by atoms with Crippen LogP contribution in [0.2, 0.25) is 0 Å². The number of aromatic nitrogens is 1. The second-order valence-electron chi connectivity index (χ2n) is 3.21. The lowest BCUT2D eigenvalue weighted by Gasteiger charge is -1.95. The Morgan fingerprint density at radius 1 is 1.40 bits per heavy atom. The molecule has 0 radical (unpaired) electrons. The van der Waals surface area contributed by atoms with Crippen LogP contribution in [0.5, 0.6) is 0 Å². The maximum Gasteiger partial charge on any atom is 0.229 e. The third kappa shape index (κ3) is 1.76. The Kier molecular flexibility index (Phi) is 2.51. The number of hydrogen-bond acceptors (Lipinski definition) is 3. The summed E-state index contributed by atoms with van der Waals surface area (Å²) in [5.41, 5.74) is 6.49. The SMILES string of the molecule is Cc1oc(-c2ccccc2F)nc1CN. The molecule has 1 aromatic heterocycles. The first kappa shape index (κ1) is 9.86. The Balaban J connectivity index is 2.50. The highest BCUT2D eigenvalue weighted by Gasteiger charge is 2.12. The van der Waals surface area contributed by atoms with Crippen LogP contribution in [0.3, 0.4) is 0 Å². The summed E-state index contributed by atoms with van der Waals surface area (Å²) >= 11 is 0. The molecule has 0 unspecified atom stereocenters. The number of rotatable bonds is 2. The van der Waals surface area contributed by atoms with Crippen molar-refractivity contribution in [1.82, 2.24) is 4.98 Å². The van der Waals surface area contributed by atoms with Crippen LogP contribution in [0.4, 0.5) is 4.39 Å². The Morgan fingerprint density at radius 2 is 2.13 bits per heavy atom. The van der Waals surface area contributed by atoms with Crippen molar-refractivity contribution in [2.24, 2.45) is 5.73 Å². The summed E-state index contributed by atoms with van der Waals surface area (Å²) in [6.07, 6.45) is 0. The molecule has 1 heterocycles. The first-order valence-corrected chi connectivity index (χ1v) is 4.63. The molecular formula is C11H11FN2O. The van der Waals surface area contributed by atoms with Gasteiger partial charge in [-0.25, -0.2) is 9.37 Å². The van der Waals surface area contributed by atoms with E-state index in [1.165, 1.54) is 6.07 Å². The molecule has 0 aliphatic carbocycles. The quantitative estimate of drug-likeness (QED) is 0.819. The zero-order chi connectivity index (χ0) is 10.8. The zero-order valence-corrected chi connectivity index (χ0v) is 8.33. The third-order valence-corrected chi connectivity index (χ3v) is 2.19. The van der Waals surface area contributed by atoms with Crippen molar-refractivity contribution in [2.45, 2.75) is 13.5 Å². The molecule has 0 spiro atoms. The highest BCUT2D eigenvalue weighted by atomic mass is 19.1. The number of halogens is 1. The van der Waals surface area contributed by atoms with Gasteiger partial charge in [0.25, 0.3) is 0 Å². The molecule has 2 rings (SSSR count). The predicted octanol–water partition coefficient (Wildman–Crippen LogP) is 2.25. The standard InChI is InChI=1S/C11H11FN2O/c1-7-10(6-13)14-11(15-7)8-4-2-3-5-9(8)12/h2-5H,6,13H2,1H3. The minimum atomic E-state index is -0.345. The van der Waals surface area contributed by atoms with E-state index in [2.05, 4.69) is 4.98 Å². The van der Waals surface area contributed by atoms with E-state index in [4.69, 9.17) is 10.2 Å². The van der Waals surface area contributed by atoms with Crippen molar-refractivity contribution in [1.29, 1.82) is 0 Å². The Morgan fingerprint density at radius 3 is 2.73 bits per heavy atom. The molecule has 4 heteroatoms. The summed E-state index contributed by atoms with van der Waals surface area (Å²) in [7, 11) is 0. The maximum atomic E-state index is 13.4. The van der Waals surface area contributed by atoms with Gasteiger partial charge in [0.1, 0.15) is 11.6 Å². The van der Waals surface area contributed by atoms with E-state index in [1.54, 1.807) is 25.1 Å². The average molecular weight is 206 g/mol. The van der Waals surface area contributed by atoms with Crippen molar-refractivity contribution < 1.29 is 8.81 Å². The topological polar surface area (TPSA) is 52.0 Å². The monoisotopic (exact) mass is 206 g/mol. The molecular weight excluding hydrogens is 195 g/mol. The molecule has 15 heavy (non-hydrogen) atoms. The lowest BCUT2D eigenvalue weighted by atomic mass is 10.2. The Bertz CT molecular complexity index is 479. The maximum absolute atomic E-state index is 13.4. The fourth-order valence-corrected chi connectivity index (χ4v) is 1.37. The van der Waals surface area contributed by atoms with Crippen LogP contribution in [-0.4, -0.2) is 4.98 Å². The van der Waals surface area contributed by atoms with E-state index >= 15 is 0 Å².